The lowest BCUT2D eigenvalue weighted by Gasteiger charge is -2.01. The van der Waals surface area contributed by atoms with Crippen molar-refractivity contribution in [2.75, 3.05) is 12.4 Å². The molecule has 1 aromatic carbocycles. The summed E-state index contributed by atoms with van der Waals surface area (Å²) in [5.41, 5.74) is 3.21. The molecule has 0 aliphatic carbocycles. The van der Waals surface area contributed by atoms with E-state index in [0.29, 0.717) is 6.01 Å². The topological polar surface area (TPSA) is 38.1 Å². The van der Waals surface area contributed by atoms with E-state index >= 15 is 0 Å². The second-order valence-electron chi connectivity index (χ2n) is 3.50. The van der Waals surface area contributed by atoms with Gasteiger partial charge < -0.3 is 9.73 Å². The molecule has 0 atom stereocenters. The SMILES string of the molecule is CNc1nc(C)c(-c2ccccc2C)o1. The quantitative estimate of drug-likeness (QED) is 0.813. The highest BCUT2D eigenvalue weighted by atomic mass is 16.4. The summed E-state index contributed by atoms with van der Waals surface area (Å²) in [4.78, 5) is 4.27. The number of hydrogen-bond acceptors (Lipinski definition) is 3. The number of hydrogen-bond donors (Lipinski definition) is 1. The van der Waals surface area contributed by atoms with E-state index in [1.807, 2.05) is 25.1 Å². The normalized spacial score (nSPS) is 10.3. The van der Waals surface area contributed by atoms with Crippen LogP contribution in [0.4, 0.5) is 6.01 Å². The molecule has 2 rings (SSSR count). The van der Waals surface area contributed by atoms with Crippen LogP contribution >= 0.6 is 0 Å². The first-order chi connectivity index (χ1) is 7.22. The smallest absolute Gasteiger partial charge is 0.295 e. The minimum atomic E-state index is 0.561. The largest absolute Gasteiger partial charge is 0.423 e. The van der Waals surface area contributed by atoms with Crippen molar-refractivity contribution in [3.05, 3.63) is 35.5 Å². The third-order valence-electron chi connectivity index (χ3n) is 2.40. The zero-order chi connectivity index (χ0) is 10.8. The molecule has 0 aliphatic heterocycles. The summed E-state index contributed by atoms with van der Waals surface area (Å²) >= 11 is 0. The maximum atomic E-state index is 5.61. The van der Waals surface area contributed by atoms with Gasteiger partial charge in [-0.25, -0.2) is 0 Å². The van der Waals surface area contributed by atoms with Crippen molar-refractivity contribution < 1.29 is 4.42 Å². The fourth-order valence-electron chi connectivity index (χ4n) is 1.58. The van der Waals surface area contributed by atoms with E-state index in [0.717, 1.165) is 17.0 Å². The molecule has 3 nitrogen and oxygen atoms in total. The Morgan fingerprint density at radius 2 is 1.93 bits per heavy atom. The molecule has 0 unspecified atom stereocenters. The highest BCUT2D eigenvalue weighted by molar-refractivity contribution is 5.64. The van der Waals surface area contributed by atoms with Crippen LogP contribution in [0.25, 0.3) is 11.3 Å². The number of nitrogens with one attached hydrogen (secondary N) is 1. The van der Waals surface area contributed by atoms with Gasteiger partial charge in [0.25, 0.3) is 6.01 Å². The lowest BCUT2D eigenvalue weighted by molar-refractivity contribution is 0.588. The average molecular weight is 202 g/mol. The first-order valence-corrected chi connectivity index (χ1v) is 4.93. The molecular weight excluding hydrogens is 188 g/mol. The Labute approximate surface area is 89.1 Å². The Kier molecular flexibility index (Phi) is 2.46. The van der Waals surface area contributed by atoms with Gasteiger partial charge in [0.05, 0.1) is 5.69 Å². The molecule has 0 amide bonds. The van der Waals surface area contributed by atoms with E-state index in [2.05, 4.69) is 23.3 Å². The molecule has 0 fully saturated rings. The fraction of sp³-hybridized carbons (Fsp3) is 0.250. The molecule has 0 aliphatic rings. The zero-order valence-corrected chi connectivity index (χ0v) is 9.16. The summed E-state index contributed by atoms with van der Waals surface area (Å²) in [5, 5.41) is 2.90. The predicted molar refractivity (Wildman–Crippen MR) is 61.0 cm³/mol. The summed E-state index contributed by atoms with van der Waals surface area (Å²) in [6.07, 6.45) is 0. The van der Waals surface area contributed by atoms with Crippen LogP contribution in [0.1, 0.15) is 11.3 Å². The van der Waals surface area contributed by atoms with Crippen molar-refractivity contribution in [2.45, 2.75) is 13.8 Å². The molecule has 78 valence electrons. The van der Waals surface area contributed by atoms with Crippen molar-refractivity contribution in [3.63, 3.8) is 0 Å². The van der Waals surface area contributed by atoms with Crippen LogP contribution < -0.4 is 5.32 Å². The van der Waals surface area contributed by atoms with E-state index in [-0.39, 0.29) is 0 Å². The monoisotopic (exact) mass is 202 g/mol. The Bertz CT molecular complexity index is 474. The number of benzene rings is 1. The molecule has 0 saturated carbocycles. The van der Waals surface area contributed by atoms with Gasteiger partial charge in [0.15, 0.2) is 5.76 Å². The highest BCUT2D eigenvalue weighted by Crippen LogP contribution is 2.28. The molecule has 1 N–H and O–H groups in total. The van der Waals surface area contributed by atoms with Crippen molar-refractivity contribution in [1.82, 2.24) is 4.98 Å². The lowest BCUT2D eigenvalue weighted by Crippen LogP contribution is -1.85. The molecular formula is C12H14N2O. The summed E-state index contributed by atoms with van der Waals surface area (Å²) in [6, 6.07) is 8.69. The summed E-state index contributed by atoms with van der Waals surface area (Å²) in [7, 11) is 1.80. The number of aryl methyl sites for hydroxylation is 2. The van der Waals surface area contributed by atoms with Crippen LogP contribution in [-0.2, 0) is 0 Å². The van der Waals surface area contributed by atoms with Crippen LogP contribution in [0.15, 0.2) is 28.7 Å². The first kappa shape index (κ1) is 9.77. The summed E-state index contributed by atoms with van der Waals surface area (Å²) < 4.78 is 5.61. The lowest BCUT2D eigenvalue weighted by atomic mass is 10.1. The molecule has 0 spiro atoms. The molecule has 1 aromatic heterocycles. The fourth-order valence-corrected chi connectivity index (χ4v) is 1.58. The van der Waals surface area contributed by atoms with Crippen LogP contribution in [0.5, 0.6) is 0 Å². The van der Waals surface area contributed by atoms with Crippen molar-refractivity contribution in [1.29, 1.82) is 0 Å². The van der Waals surface area contributed by atoms with Crippen molar-refractivity contribution in [3.8, 4) is 11.3 Å². The van der Waals surface area contributed by atoms with E-state index in [9.17, 15) is 0 Å². The second kappa shape index (κ2) is 3.77. The van der Waals surface area contributed by atoms with Gasteiger partial charge in [0, 0.05) is 12.6 Å². The number of rotatable bonds is 2. The number of nitrogens with zero attached hydrogens (tertiary/aromatic N) is 1. The third-order valence-corrected chi connectivity index (χ3v) is 2.40. The van der Waals surface area contributed by atoms with Gasteiger partial charge in [-0.3, -0.25) is 0 Å². The first-order valence-electron chi connectivity index (χ1n) is 4.93. The third kappa shape index (κ3) is 1.73. The molecule has 0 saturated heterocycles. The molecule has 2 aromatic rings. The Hall–Kier alpha value is -1.77. The van der Waals surface area contributed by atoms with Gasteiger partial charge in [-0.05, 0) is 19.4 Å². The summed E-state index contributed by atoms with van der Waals surface area (Å²) in [5.74, 6) is 0.845. The van der Waals surface area contributed by atoms with Crippen LogP contribution in [0.3, 0.4) is 0 Å². The molecule has 0 bridgehead atoms. The van der Waals surface area contributed by atoms with E-state index < -0.39 is 0 Å². The van der Waals surface area contributed by atoms with Gasteiger partial charge in [0.2, 0.25) is 0 Å². The van der Waals surface area contributed by atoms with E-state index in [1.54, 1.807) is 7.05 Å². The van der Waals surface area contributed by atoms with Gasteiger partial charge >= 0.3 is 0 Å². The van der Waals surface area contributed by atoms with Gasteiger partial charge in [-0.2, -0.15) is 4.98 Å². The Balaban J connectivity index is 2.54. The summed E-state index contributed by atoms with van der Waals surface area (Å²) in [6.45, 7) is 4.02. The van der Waals surface area contributed by atoms with Crippen molar-refractivity contribution >= 4 is 6.01 Å². The molecule has 15 heavy (non-hydrogen) atoms. The minimum absolute atomic E-state index is 0.561. The van der Waals surface area contributed by atoms with Crippen LogP contribution in [0.2, 0.25) is 0 Å². The van der Waals surface area contributed by atoms with Gasteiger partial charge in [-0.1, -0.05) is 24.3 Å². The zero-order valence-electron chi connectivity index (χ0n) is 9.16. The van der Waals surface area contributed by atoms with Gasteiger partial charge in [-0.15, -0.1) is 0 Å². The maximum Gasteiger partial charge on any atom is 0.295 e. The number of oxazole rings is 1. The highest BCUT2D eigenvalue weighted by Gasteiger charge is 2.11. The van der Waals surface area contributed by atoms with E-state index in [4.69, 9.17) is 4.42 Å². The van der Waals surface area contributed by atoms with Gasteiger partial charge in [0.1, 0.15) is 0 Å². The Morgan fingerprint density at radius 3 is 2.53 bits per heavy atom. The minimum Gasteiger partial charge on any atom is -0.423 e. The van der Waals surface area contributed by atoms with Crippen molar-refractivity contribution in [2.24, 2.45) is 0 Å². The molecule has 0 radical (unpaired) electrons. The predicted octanol–water partition coefficient (Wildman–Crippen LogP) is 3.00. The molecule has 1 heterocycles. The van der Waals surface area contributed by atoms with Crippen LogP contribution in [0, 0.1) is 13.8 Å². The standard InChI is InChI=1S/C12H14N2O/c1-8-6-4-5-7-10(8)11-9(2)14-12(13-3)15-11/h4-7H,1-3H3,(H,13,14). The van der Waals surface area contributed by atoms with E-state index in [1.165, 1.54) is 5.56 Å². The maximum absolute atomic E-state index is 5.61. The average Bonchev–Trinajstić information content (AvgIpc) is 2.60. The Morgan fingerprint density at radius 1 is 1.20 bits per heavy atom. The number of anilines is 1. The number of aromatic nitrogens is 1. The second-order valence-corrected chi connectivity index (χ2v) is 3.50. The molecule has 3 heteroatoms. The van der Waals surface area contributed by atoms with Crippen LogP contribution in [-0.4, -0.2) is 12.0 Å².